The van der Waals surface area contributed by atoms with Gasteiger partial charge in [0.05, 0.1) is 28.5 Å². The Morgan fingerprint density at radius 2 is 1.43 bits per heavy atom. The van der Waals surface area contributed by atoms with Crippen molar-refractivity contribution in [3.63, 3.8) is 0 Å². The summed E-state index contributed by atoms with van der Waals surface area (Å²) in [6.07, 6.45) is 1.24. The minimum Gasteiger partial charge on any atom is -0.478 e. The average Bonchev–Trinajstić information content (AvgIpc) is 3.54. The van der Waals surface area contributed by atoms with Gasteiger partial charge in [0.25, 0.3) is 17.5 Å². The maximum Gasteiger partial charge on any atom is 0.336 e. The normalized spacial score (nSPS) is 22.4. The first-order chi connectivity index (χ1) is 19.3. The largest absolute Gasteiger partial charge is 0.478 e. The second-order valence-electron chi connectivity index (χ2n) is 9.99. The third-order valence-electron chi connectivity index (χ3n) is 8.06. The zero-order valence-electron chi connectivity index (χ0n) is 20.6. The number of nitro benzene ring substituents is 1. The Morgan fingerprint density at radius 1 is 0.875 bits per heavy atom. The molecule has 3 aliphatic carbocycles. The van der Waals surface area contributed by atoms with E-state index < -0.39 is 22.7 Å². The van der Waals surface area contributed by atoms with Crippen LogP contribution in [-0.2, 0) is 9.59 Å². The minimum absolute atomic E-state index is 0.143. The van der Waals surface area contributed by atoms with E-state index >= 15 is 0 Å². The Labute approximate surface area is 226 Å². The van der Waals surface area contributed by atoms with Crippen LogP contribution in [0.1, 0.15) is 50.2 Å². The summed E-state index contributed by atoms with van der Waals surface area (Å²) in [5, 5.41) is 25.8. The molecule has 4 aliphatic rings. The molecule has 1 N–H and O–H groups in total. The summed E-state index contributed by atoms with van der Waals surface area (Å²) in [5.74, 6) is -3.40. The minimum atomic E-state index is -1.35. The molecular formula is C30H19N3O7. The van der Waals surface area contributed by atoms with Crippen LogP contribution in [0, 0.1) is 22.0 Å². The number of carboxylic acids is 1. The molecule has 0 unspecified atom stereocenters. The van der Waals surface area contributed by atoms with Crippen molar-refractivity contribution in [1.82, 2.24) is 5.01 Å². The number of amides is 2. The number of aromatic carboxylic acids is 1. The summed E-state index contributed by atoms with van der Waals surface area (Å²) in [6.45, 7) is 0. The summed E-state index contributed by atoms with van der Waals surface area (Å²) in [4.78, 5) is 49.4. The number of nitrogens with zero attached hydrogens (tertiary/aromatic N) is 3. The van der Waals surface area contributed by atoms with Crippen LogP contribution in [0.5, 0.6) is 0 Å². The molecule has 196 valence electrons. The standard InChI is InChI=1S/C30H19N3O7/c34-28-26-24-18-5-1-2-6-19(18)25(21-8-4-3-7-20(21)24)27(26)29(35)32(28)31-14-16-10-12-23(40-16)17-11-9-15(33(38)39)13-22(17)30(36)37/h1-14,24-27H,(H,36,37)/b31-14-/t24?,25?,26-,27+. The molecule has 1 aliphatic heterocycles. The lowest BCUT2D eigenvalue weighted by Crippen LogP contribution is -2.41. The van der Waals surface area contributed by atoms with E-state index in [1.165, 1.54) is 30.5 Å². The van der Waals surface area contributed by atoms with Gasteiger partial charge in [-0.05, 0) is 40.5 Å². The predicted octanol–water partition coefficient (Wildman–Crippen LogP) is 4.78. The van der Waals surface area contributed by atoms with Crippen LogP contribution < -0.4 is 0 Å². The van der Waals surface area contributed by atoms with Crippen LogP contribution in [0.4, 0.5) is 5.69 Å². The van der Waals surface area contributed by atoms with Gasteiger partial charge in [0.1, 0.15) is 11.5 Å². The zero-order chi connectivity index (χ0) is 27.7. The second kappa shape index (κ2) is 8.57. The van der Waals surface area contributed by atoms with Crippen LogP contribution in [0.15, 0.2) is 88.4 Å². The smallest absolute Gasteiger partial charge is 0.336 e. The maximum absolute atomic E-state index is 13.7. The van der Waals surface area contributed by atoms with Gasteiger partial charge in [0.15, 0.2) is 0 Å². The number of carbonyl (C=O) groups excluding carboxylic acids is 2. The summed E-state index contributed by atoms with van der Waals surface area (Å²) in [7, 11) is 0. The van der Waals surface area contributed by atoms with Crippen molar-refractivity contribution in [2.24, 2.45) is 16.9 Å². The quantitative estimate of drug-likeness (QED) is 0.168. The first-order valence-electron chi connectivity index (χ1n) is 12.6. The van der Waals surface area contributed by atoms with E-state index in [9.17, 15) is 29.6 Å². The fourth-order valence-electron chi connectivity index (χ4n) is 6.49. The molecule has 1 aromatic heterocycles. The molecule has 8 rings (SSSR count). The average molecular weight is 533 g/mol. The van der Waals surface area contributed by atoms with Gasteiger partial charge in [-0.25, -0.2) is 4.79 Å². The molecule has 3 aromatic carbocycles. The van der Waals surface area contributed by atoms with E-state index in [1.54, 1.807) is 0 Å². The Morgan fingerprint density at radius 3 is 1.93 bits per heavy atom. The molecule has 1 saturated heterocycles. The van der Waals surface area contributed by atoms with Crippen LogP contribution in [0.2, 0.25) is 0 Å². The number of carboxylic acid groups (broad SMARTS) is 1. The molecule has 40 heavy (non-hydrogen) atoms. The number of benzene rings is 3. The molecule has 0 saturated carbocycles. The fourth-order valence-corrected chi connectivity index (χ4v) is 6.49. The predicted molar refractivity (Wildman–Crippen MR) is 141 cm³/mol. The lowest BCUT2D eigenvalue weighted by atomic mass is 9.55. The summed E-state index contributed by atoms with van der Waals surface area (Å²) in [5.41, 5.74) is 3.74. The van der Waals surface area contributed by atoms with Crippen molar-refractivity contribution in [3.05, 3.63) is 123 Å². The number of furan rings is 1. The van der Waals surface area contributed by atoms with Crippen molar-refractivity contribution >= 4 is 29.7 Å². The Hall–Kier alpha value is -5.38. The van der Waals surface area contributed by atoms with Crippen molar-refractivity contribution < 1.29 is 28.8 Å². The highest BCUT2D eigenvalue weighted by molar-refractivity contribution is 6.08. The topological polar surface area (TPSA) is 143 Å². The molecule has 4 aromatic rings. The van der Waals surface area contributed by atoms with Crippen LogP contribution in [0.3, 0.4) is 0 Å². The summed E-state index contributed by atoms with van der Waals surface area (Å²) in [6, 6.07) is 22.3. The number of imide groups is 1. The molecule has 0 radical (unpaired) electrons. The number of non-ortho nitro benzene ring substituents is 1. The SMILES string of the molecule is O=C(O)c1cc([N+](=O)[O-])ccc1-c1ccc(/C=N\N2C(=O)[C@@H]3C4c5ccccc5C(c5ccccc54)[C@@H]3C2=O)o1. The van der Waals surface area contributed by atoms with E-state index in [1.807, 2.05) is 48.5 Å². The molecule has 10 heteroatoms. The number of nitro groups is 1. The van der Waals surface area contributed by atoms with Crippen LogP contribution >= 0.6 is 0 Å². The number of hydrogen-bond donors (Lipinski definition) is 1. The first kappa shape index (κ1) is 23.7. The Balaban J connectivity index is 1.21. The van der Waals surface area contributed by atoms with Gasteiger partial charge in [-0.15, -0.1) is 0 Å². The van der Waals surface area contributed by atoms with Gasteiger partial charge >= 0.3 is 5.97 Å². The lowest BCUT2D eigenvalue weighted by molar-refractivity contribution is -0.384. The highest BCUT2D eigenvalue weighted by atomic mass is 16.6. The second-order valence-corrected chi connectivity index (χ2v) is 9.99. The van der Waals surface area contributed by atoms with Gasteiger partial charge in [-0.2, -0.15) is 10.1 Å². The molecule has 0 spiro atoms. The molecular weight excluding hydrogens is 514 g/mol. The third kappa shape index (κ3) is 3.29. The molecule has 2 atom stereocenters. The lowest BCUT2D eigenvalue weighted by Gasteiger charge is -2.45. The van der Waals surface area contributed by atoms with Gasteiger partial charge in [0, 0.05) is 29.5 Å². The van der Waals surface area contributed by atoms with Crippen molar-refractivity contribution in [3.8, 4) is 11.3 Å². The van der Waals surface area contributed by atoms with Gasteiger partial charge in [-0.3, -0.25) is 19.7 Å². The van der Waals surface area contributed by atoms with Crippen molar-refractivity contribution in [2.45, 2.75) is 11.8 Å². The fraction of sp³-hybridized carbons (Fsp3) is 0.133. The van der Waals surface area contributed by atoms with Crippen molar-refractivity contribution in [1.29, 1.82) is 0 Å². The highest BCUT2D eigenvalue weighted by Gasteiger charge is 2.61. The van der Waals surface area contributed by atoms with E-state index in [0.29, 0.717) is 0 Å². The third-order valence-corrected chi connectivity index (χ3v) is 8.06. The molecule has 2 heterocycles. The maximum atomic E-state index is 13.7. The highest BCUT2D eigenvalue weighted by Crippen LogP contribution is 2.60. The Kier molecular flexibility index (Phi) is 5.08. The summed E-state index contributed by atoms with van der Waals surface area (Å²) < 4.78 is 5.73. The molecule has 2 bridgehead atoms. The molecule has 10 nitrogen and oxygen atoms in total. The number of hydrazone groups is 1. The first-order valence-corrected chi connectivity index (χ1v) is 12.6. The summed E-state index contributed by atoms with van der Waals surface area (Å²) >= 11 is 0. The Bertz CT molecular complexity index is 1690. The van der Waals surface area contributed by atoms with Crippen molar-refractivity contribution in [2.75, 3.05) is 0 Å². The number of carbonyl (C=O) groups is 3. The van der Waals surface area contributed by atoms with Crippen LogP contribution in [-0.4, -0.2) is 39.0 Å². The van der Waals surface area contributed by atoms with E-state index in [-0.39, 0.29) is 52.0 Å². The van der Waals surface area contributed by atoms with E-state index in [2.05, 4.69) is 5.10 Å². The number of rotatable bonds is 5. The van der Waals surface area contributed by atoms with E-state index in [4.69, 9.17) is 4.42 Å². The van der Waals surface area contributed by atoms with Gasteiger partial charge in [0.2, 0.25) is 0 Å². The molecule has 1 fully saturated rings. The van der Waals surface area contributed by atoms with Crippen LogP contribution in [0.25, 0.3) is 11.3 Å². The van der Waals surface area contributed by atoms with E-state index in [0.717, 1.165) is 33.3 Å². The van der Waals surface area contributed by atoms with Gasteiger partial charge in [-0.1, -0.05) is 48.5 Å². The monoisotopic (exact) mass is 533 g/mol. The van der Waals surface area contributed by atoms with Gasteiger partial charge < -0.3 is 9.52 Å². The number of hydrogen-bond acceptors (Lipinski definition) is 7. The zero-order valence-corrected chi connectivity index (χ0v) is 20.6. The molecule has 2 amide bonds.